The lowest BCUT2D eigenvalue weighted by molar-refractivity contribution is -0.191. The Morgan fingerprint density at radius 1 is 1.20 bits per heavy atom. The van der Waals surface area contributed by atoms with Crippen molar-refractivity contribution in [3.8, 4) is 0 Å². The molecular weight excluding hydrogens is 301 g/mol. The molecule has 0 aromatic heterocycles. The number of carbonyl (C=O) groups is 2. The predicted molar refractivity (Wildman–Crippen MR) is 63.9 cm³/mol. The van der Waals surface area contributed by atoms with Crippen molar-refractivity contribution in [2.45, 2.75) is 6.18 Å². The quantitative estimate of drug-likeness (QED) is 0.813. The van der Waals surface area contributed by atoms with Gasteiger partial charge in [0.25, 0.3) is 11.8 Å². The summed E-state index contributed by atoms with van der Waals surface area (Å²) in [5.74, 6) is -1.47. The smallest absolute Gasteiger partial charge is 0.343 e. The molecule has 0 fully saturated rings. The van der Waals surface area contributed by atoms with Crippen LogP contribution >= 0.6 is 11.6 Å². The van der Waals surface area contributed by atoms with Crippen molar-refractivity contribution in [2.24, 2.45) is 0 Å². The van der Waals surface area contributed by atoms with Crippen molar-refractivity contribution in [2.75, 3.05) is 13.2 Å². The molecule has 1 aromatic carbocycles. The standard InChI is InChI=1S/C11H10ClF3N2O3/c12-8-3-1-7(2-4-8)10(19)16-5-9(18)17-20-6-11(13,14)15/h1-4H,5-6H2,(H,16,19)(H,17,18). The van der Waals surface area contributed by atoms with Gasteiger partial charge in [0.1, 0.15) is 0 Å². The summed E-state index contributed by atoms with van der Waals surface area (Å²) >= 11 is 5.63. The molecule has 9 heteroatoms. The molecule has 0 aliphatic rings. The molecule has 0 saturated heterocycles. The Kier molecular flexibility index (Phi) is 5.78. The van der Waals surface area contributed by atoms with E-state index in [2.05, 4.69) is 10.2 Å². The molecule has 20 heavy (non-hydrogen) atoms. The Morgan fingerprint density at radius 3 is 2.35 bits per heavy atom. The molecule has 0 radical (unpaired) electrons. The van der Waals surface area contributed by atoms with E-state index in [9.17, 15) is 22.8 Å². The second kappa shape index (κ2) is 7.11. The van der Waals surface area contributed by atoms with E-state index in [0.717, 1.165) is 0 Å². The van der Waals surface area contributed by atoms with Crippen LogP contribution in [-0.2, 0) is 9.63 Å². The van der Waals surface area contributed by atoms with Crippen molar-refractivity contribution < 1.29 is 27.6 Å². The van der Waals surface area contributed by atoms with Crippen LogP contribution in [0.15, 0.2) is 24.3 Å². The highest BCUT2D eigenvalue weighted by molar-refractivity contribution is 6.30. The topological polar surface area (TPSA) is 67.4 Å². The van der Waals surface area contributed by atoms with Crippen LogP contribution in [0.1, 0.15) is 10.4 Å². The van der Waals surface area contributed by atoms with Crippen LogP contribution in [0.5, 0.6) is 0 Å². The Morgan fingerprint density at radius 2 is 1.80 bits per heavy atom. The molecule has 110 valence electrons. The molecule has 5 nitrogen and oxygen atoms in total. The van der Waals surface area contributed by atoms with Crippen LogP contribution in [0.2, 0.25) is 5.02 Å². The lowest BCUT2D eigenvalue weighted by Gasteiger charge is -2.09. The fraction of sp³-hybridized carbons (Fsp3) is 0.273. The normalized spacial score (nSPS) is 11.0. The van der Waals surface area contributed by atoms with E-state index >= 15 is 0 Å². The molecule has 0 unspecified atom stereocenters. The largest absolute Gasteiger partial charge is 0.414 e. The van der Waals surface area contributed by atoms with Gasteiger partial charge in [-0.05, 0) is 24.3 Å². The zero-order valence-corrected chi connectivity index (χ0v) is 10.7. The van der Waals surface area contributed by atoms with Crippen LogP contribution < -0.4 is 10.8 Å². The highest BCUT2D eigenvalue weighted by atomic mass is 35.5. The lowest BCUT2D eigenvalue weighted by Crippen LogP contribution is -2.38. The van der Waals surface area contributed by atoms with Crippen molar-refractivity contribution in [1.82, 2.24) is 10.8 Å². The number of benzene rings is 1. The summed E-state index contributed by atoms with van der Waals surface area (Å²) in [5, 5.41) is 2.65. The summed E-state index contributed by atoms with van der Waals surface area (Å²) in [7, 11) is 0. The van der Waals surface area contributed by atoms with Gasteiger partial charge < -0.3 is 5.32 Å². The van der Waals surface area contributed by atoms with E-state index in [4.69, 9.17) is 11.6 Å². The number of amides is 2. The van der Waals surface area contributed by atoms with E-state index in [0.29, 0.717) is 5.02 Å². The minimum Gasteiger partial charge on any atom is -0.343 e. The summed E-state index contributed by atoms with van der Waals surface area (Å²) in [6.07, 6.45) is -4.54. The SMILES string of the molecule is O=C(CNC(=O)c1ccc(Cl)cc1)NOCC(F)(F)F. The van der Waals surface area contributed by atoms with Crippen LogP contribution in [-0.4, -0.2) is 31.1 Å². The van der Waals surface area contributed by atoms with E-state index in [1.165, 1.54) is 24.3 Å². The highest BCUT2D eigenvalue weighted by Gasteiger charge is 2.28. The minimum absolute atomic E-state index is 0.262. The number of rotatable bonds is 5. The van der Waals surface area contributed by atoms with Crippen LogP contribution in [0.4, 0.5) is 13.2 Å². The summed E-state index contributed by atoms with van der Waals surface area (Å²) in [6.45, 7) is -2.12. The number of hydroxylamine groups is 1. The number of halogens is 4. The molecule has 0 spiro atoms. The lowest BCUT2D eigenvalue weighted by atomic mass is 10.2. The highest BCUT2D eigenvalue weighted by Crippen LogP contribution is 2.13. The first-order valence-corrected chi connectivity index (χ1v) is 5.67. The molecule has 1 rings (SSSR count). The molecule has 2 N–H and O–H groups in total. The maximum atomic E-state index is 11.7. The summed E-state index contributed by atoms with van der Waals surface area (Å²) in [6, 6.07) is 5.86. The van der Waals surface area contributed by atoms with Crippen LogP contribution in [0.25, 0.3) is 0 Å². The van der Waals surface area contributed by atoms with Crippen molar-refractivity contribution in [1.29, 1.82) is 0 Å². The van der Waals surface area contributed by atoms with Gasteiger partial charge in [0.2, 0.25) is 0 Å². The van der Waals surface area contributed by atoms with Gasteiger partial charge in [0, 0.05) is 10.6 Å². The minimum atomic E-state index is -4.54. The third-order valence-electron chi connectivity index (χ3n) is 1.94. The van der Waals surface area contributed by atoms with Gasteiger partial charge in [-0.25, -0.2) is 5.48 Å². The van der Waals surface area contributed by atoms with Crippen molar-refractivity contribution in [3.05, 3.63) is 34.9 Å². The van der Waals surface area contributed by atoms with Gasteiger partial charge in [-0.15, -0.1) is 0 Å². The fourth-order valence-electron chi connectivity index (χ4n) is 1.10. The third-order valence-corrected chi connectivity index (χ3v) is 2.19. The van der Waals surface area contributed by atoms with E-state index < -0.39 is 31.1 Å². The summed E-state index contributed by atoms with van der Waals surface area (Å²) < 4.78 is 35.2. The number of hydrogen-bond donors (Lipinski definition) is 2. The average Bonchev–Trinajstić information content (AvgIpc) is 2.35. The van der Waals surface area contributed by atoms with Gasteiger partial charge >= 0.3 is 6.18 Å². The summed E-state index contributed by atoms with van der Waals surface area (Å²) in [4.78, 5) is 26.5. The Hall–Kier alpha value is -1.80. The Balaban J connectivity index is 2.30. The molecule has 0 aliphatic carbocycles. The maximum absolute atomic E-state index is 11.7. The van der Waals surface area contributed by atoms with Crippen LogP contribution in [0.3, 0.4) is 0 Å². The molecule has 0 saturated carbocycles. The number of hydrogen-bond acceptors (Lipinski definition) is 3. The van der Waals surface area contributed by atoms with E-state index in [-0.39, 0.29) is 5.56 Å². The molecule has 0 heterocycles. The molecular formula is C11H10ClF3N2O3. The Bertz CT molecular complexity index is 477. The maximum Gasteiger partial charge on any atom is 0.414 e. The van der Waals surface area contributed by atoms with Gasteiger partial charge in [0.15, 0.2) is 6.61 Å². The van der Waals surface area contributed by atoms with E-state index in [1.807, 2.05) is 0 Å². The Labute approximate surface area is 117 Å². The van der Waals surface area contributed by atoms with Crippen molar-refractivity contribution >= 4 is 23.4 Å². The number of nitrogens with one attached hydrogen (secondary N) is 2. The fourth-order valence-corrected chi connectivity index (χ4v) is 1.22. The zero-order chi connectivity index (χ0) is 15.2. The second-order valence-electron chi connectivity index (χ2n) is 3.62. The van der Waals surface area contributed by atoms with Gasteiger partial charge in [0.05, 0.1) is 6.54 Å². The third kappa shape index (κ3) is 6.39. The van der Waals surface area contributed by atoms with Gasteiger partial charge in [-0.1, -0.05) is 11.6 Å². The number of carbonyl (C=O) groups excluding carboxylic acids is 2. The second-order valence-corrected chi connectivity index (χ2v) is 4.06. The first-order chi connectivity index (χ1) is 9.28. The average molecular weight is 311 g/mol. The first-order valence-electron chi connectivity index (χ1n) is 5.29. The van der Waals surface area contributed by atoms with E-state index in [1.54, 1.807) is 5.48 Å². The first kappa shape index (κ1) is 16.3. The van der Waals surface area contributed by atoms with Crippen LogP contribution in [0, 0.1) is 0 Å². The molecule has 0 atom stereocenters. The zero-order valence-electron chi connectivity index (χ0n) is 9.96. The number of alkyl halides is 3. The molecule has 0 bridgehead atoms. The molecule has 0 aliphatic heterocycles. The van der Waals surface area contributed by atoms with Crippen molar-refractivity contribution in [3.63, 3.8) is 0 Å². The van der Waals surface area contributed by atoms with Gasteiger partial charge in [-0.3, -0.25) is 14.4 Å². The van der Waals surface area contributed by atoms with Gasteiger partial charge in [-0.2, -0.15) is 13.2 Å². The predicted octanol–water partition coefficient (Wildman–Crippen LogP) is 1.68. The molecule has 2 amide bonds. The molecule has 1 aromatic rings. The monoisotopic (exact) mass is 310 g/mol. The summed E-state index contributed by atoms with van der Waals surface area (Å²) in [5.41, 5.74) is 1.82.